The number of anilines is 1. The van der Waals surface area contributed by atoms with E-state index in [1.807, 2.05) is 19.1 Å². The normalized spacial score (nSPS) is 16.8. The summed E-state index contributed by atoms with van der Waals surface area (Å²) in [5.41, 5.74) is 13.3. The predicted octanol–water partition coefficient (Wildman–Crippen LogP) is 1.14. The first-order valence-corrected chi connectivity index (χ1v) is 6.59. The van der Waals surface area contributed by atoms with Gasteiger partial charge in [-0.1, -0.05) is 12.1 Å². The third kappa shape index (κ3) is 2.83. The monoisotopic (exact) mass is 248 g/mol. The molecular formula is C14H24N4. The maximum Gasteiger partial charge on any atom is 0.0586 e. The molecule has 1 aliphatic rings. The molecule has 0 bridgehead atoms. The molecule has 1 aromatic carbocycles. The smallest absolute Gasteiger partial charge is 0.0586 e. The SMILES string of the molecule is CN(C)NC(CN)c1ccc2c(c1)CCCN2C. The molecule has 0 saturated heterocycles. The Kier molecular flexibility index (Phi) is 4.22. The lowest BCUT2D eigenvalue weighted by Gasteiger charge is -2.29. The van der Waals surface area contributed by atoms with Crippen LogP contribution >= 0.6 is 0 Å². The van der Waals surface area contributed by atoms with Gasteiger partial charge >= 0.3 is 0 Å². The van der Waals surface area contributed by atoms with Crippen LogP contribution in [0.4, 0.5) is 5.69 Å². The first kappa shape index (κ1) is 13.3. The summed E-state index contributed by atoms with van der Waals surface area (Å²) < 4.78 is 0. The van der Waals surface area contributed by atoms with E-state index in [1.54, 1.807) is 0 Å². The van der Waals surface area contributed by atoms with Gasteiger partial charge < -0.3 is 10.6 Å². The molecule has 1 aliphatic heterocycles. The Hall–Kier alpha value is -1.10. The number of hydrogen-bond donors (Lipinski definition) is 2. The van der Waals surface area contributed by atoms with Crippen LogP contribution in [0.15, 0.2) is 18.2 Å². The van der Waals surface area contributed by atoms with E-state index in [-0.39, 0.29) is 6.04 Å². The third-order valence-electron chi connectivity index (χ3n) is 3.51. The number of nitrogens with zero attached hydrogens (tertiary/aromatic N) is 2. The number of fused-ring (bicyclic) bond motifs is 1. The van der Waals surface area contributed by atoms with Gasteiger partial charge in [-0.3, -0.25) is 0 Å². The average Bonchev–Trinajstić information content (AvgIpc) is 2.35. The number of nitrogens with two attached hydrogens (primary N) is 1. The van der Waals surface area contributed by atoms with Gasteiger partial charge in [0.15, 0.2) is 0 Å². The Balaban J connectivity index is 2.24. The molecule has 18 heavy (non-hydrogen) atoms. The number of benzene rings is 1. The van der Waals surface area contributed by atoms with Crippen molar-refractivity contribution in [3.05, 3.63) is 29.3 Å². The van der Waals surface area contributed by atoms with Crippen LogP contribution in [0.3, 0.4) is 0 Å². The van der Waals surface area contributed by atoms with Gasteiger partial charge in [-0.15, -0.1) is 0 Å². The van der Waals surface area contributed by atoms with Gasteiger partial charge in [0, 0.05) is 39.9 Å². The summed E-state index contributed by atoms with van der Waals surface area (Å²) in [5, 5.41) is 1.96. The zero-order valence-corrected chi connectivity index (χ0v) is 11.6. The highest BCUT2D eigenvalue weighted by molar-refractivity contribution is 5.56. The van der Waals surface area contributed by atoms with Crippen molar-refractivity contribution in [1.82, 2.24) is 10.4 Å². The summed E-state index contributed by atoms with van der Waals surface area (Å²) >= 11 is 0. The largest absolute Gasteiger partial charge is 0.374 e. The number of hydrogen-bond acceptors (Lipinski definition) is 4. The molecule has 100 valence electrons. The molecule has 3 N–H and O–H groups in total. The Bertz CT molecular complexity index is 403. The minimum atomic E-state index is 0.192. The van der Waals surface area contributed by atoms with Crippen molar-refractivity contribution in [2.24, 2.45) is 5.73 Å². The molecular weight excluding hydrogens is 224 g/mol. The molecule has 1 unspecified atom stereocenters. The van der Waals surface area contributed by atoms with E-state index in [1.165, 1.54) is 29.7 Å². The van der Waals surface area contributed by atoms with Crippen LogP contribution in [0.25, 0.3) is 0 Å². The molecule has 0 aliphatic carbocycles. The van der Waals surface area contributed by atoms with Crippen molar-refractivity contribution in [2.75, 3.05) is 39.1 Å². The fraction of sp³-hybridized carbons (Fsp3) is 0.571. The highest BCUT2D eigenvalue weighted by Crippen LogP contribution is 2.28. The van der Waals surface area contributed by atoms with Crippen molar-refractivity contribution >= 4 is 5.69 Å². The standard InChI is InChI=1S/C14H24N4/c1-17(2)16-13(10-15)11-6-7-14-12(9-11)5-4-8-18(14)3/h6-7,9,13,16H,4-5,8,10,15H2,1-3H3. The van der Waals surface area contributed by atoms with Crippen molar-refractivity contribution < 1.29 is 0 Å². The second kappa shape index (κ2) is 5.69. The molecule has 4 heteroatoms. The zero-order valence-electron chi connectivity index (χ0n) is 11.6. The molecule has 0 fully saturated rings. The summed E-state index contributed by atoms with van der Waals surface area (Å²) in [6, 6.07) is 6.91. The Morgan fingerprint density at radius 2 is 2.22 bits per heavy atom. The lowest BCUT2D eigenvalue weighted by atomic mass is 9.97. The highest BCUT2D eigenvalue weighted by atomic mass is 15.5. The van der Waals surface area contributed by atoms with E-state index in [4.69, 9.17) is 5.73 Å². The second-order valence-corrected chi connectivity index (χ2v) is 5.23. The molecule has 1 heterocycles. The molecule has 0 amide bonds. The van der Waals surface area contributed by atoms with E-state index in [2.05, 4.69) is 35.6 Å². The molecule has 1 aromatic rings. The Morgan fingerprint density at radius 1 is 1.44 bits per heavy atom. The van der Waals surface area contributed by atoms with E-state index in [0.717, 1.165) is 6.54 Å². The van der Waals surface area contributed by atoms with Crippen LogP contribution < -0.4 is 16.1 Å². The van der Waals surface area contributed by atoms with Gasteiger partial charge in [0.2, 0.25) is 0 Å². The lowest BCUT2D eigenvalue weighted by Crippen LogP contribution is -2.38. The van der Waals surface area contributed by atoms with Crippen LogP contribution in [0.1, 0.15) is 23.6 Å². The average molecular weight is 248 g/mol. The molecule has 0 saturated carbocycles. The van der Waals surface area contributed by atoms with Crippen LogP contribution in [-0.4, -0.2) is 39.2 Å². The van der Waals surface area contributed by atoms with E-state index in [9.17, 15) is 0 Å². The van der Waals surface area contributed by atoms with Crippen LogP contribution in [-0.2, 0) is 6.42 Å². The maximum absolute atomic E-state index is 5.86. The van der Waals surface area contributed by atoms with E-state index >= 15 is 0 Å². The van der Waals surface area contributed by atoms with Crippen molar-refractivity contribution in [1.29, 1.82) is 0 Å². The quantitative estimate of drug-likeness (QED) is 0.784. The number of nitrogens with one attached hydrogen (secondary N) is 1. The molecule has 0 aromatic heterocycles. The summed E-state index contributed by atoms with van der Waals surface area (Å²) in [5.74, 6) is 0. The van der Waals surface area contributed by atoms with Crippen LogP contribution in [0, 0.1) is 0 Å². The molecule has 1 atom stereocenters. The summed E-state index contributed by atoms with van der Waals surface area (Å²) in [6.07, 6.45) is 2.41. The van der Waals surface area contributed by atoms with Crippen molar-refractivity contribution in [2.45, 2.75) is 18.9 Å². The number of hydrazine groups is 1. The van der Waals surface area contributed by atoms with Crippen molar-refractivity contribution in [3.8, 4) is 0 Å². The molecule has 0 spiro atoms. The molecule has 0 radical (unpaired) electrons. The van der Waals surface area contributed by atoms with E-state index < -0.39 is 0 Å². The zero-order chi connectivity index (χ0) is 13.1. The minimum Gasteiger partial charge on any atom is -0.374 e. The minimum absolute atomic E-state index is 0.192. The maximum atomic E-state index is 5.86. The predicted molar refractivity (Wildman–Crippen MR) is 76.7 cm³/mol. The van der Waals surface area contributed by atoms with E-state index in [0.29, 0.717) is 6.54 Å². The number of aryl methyl sites for hydroxylation is 1. The van der Waals surface area contributed by atoms with Gasteiger partial charge in [0.05, 0.1) is 6.04 Å². The highest BCUT2D eigenvalue weighted by Gasteiger charge is 2.16. The molecule has 4 nitrogen and oxygen atoms in total. The Labute approximate surface area is 110 Å². The topological polar surface area (TPSA) is 44.5 Å². The second-order valence-electron chi connectivity index (χ2n) is 5.23. The van der Waals surface area contributed by atoms with Gasteiger partial charge in [0.1, 0.15) is 0 Å². The van der Waals surface area contributed by atoms with Gasteiger partial charge in [-0.05, 0) is 30.0 Å². The number of rotatable bonds is 4. The van der Waals surface area contributed by atoms with Gasteiger partial charge in [0.25, 0.3) is 0 Å². The fourth-order valence-electron chi connectivity index (χ4n) is 2.60. The third-order valence-corrected chi connectivity index (χ3v) is 3.51. The first-order chi connectivity index (χ1) is 8.61. The molecule has 2 rings (SSSR count). The van der Waals surface area contributed by atoms with Crippen LogP contribution in [0.2, 0.25) is 0 Å². The van der Waals surface area contributed by atoms with Crippen molar-refractivity contribution in [3.63, 3.8) is 0 Å². The Morgan fingerprint density at radius 3 is 2.89 bits per heavy atom. The lowest BCUT2D eigenvalue weighted by molar-refractivity contribution is 0.245. The fourth-order valence-corrected chi connectivity index (χ4v) is 2.60. The first-order valence-electron chi connectivity index (χ1n) is 6.59. The van der Waals surface area contributed by atoms with Gasteiger partial charge in [-0.25, -0.2) is 10.4 Å². The van der Waals surface area contributed by atoms with Gasteiger partial charge in [-0.2, -0.15) is 0 Å². The summed E-state index contributed by atoms with van der Waals surface area (Å²) in [7, 11) is 6.15. The summed E-state index contributed by atoms with van der Waals surface area (Å²) in [6.45, 7) is 1.76. The summed E-state index contributed by atoms with van der Waals surface area (Å²) in [4.78, 5) is 2.33. The van der Waals surface area contributed by atoms with Crippen LogP contribution in [0.5, 0.6) is 0 Å².